The molecule has 8 heteroatoms. The van der Waals surface area contributed by atoms with E-state index in [9.17, 15) is 4.79 Å². The highest BCUT2D eigenvalue weighted by atomic mass is 79.9. The summed E-state index contributed by atoms with van der Waals surface area (Å²) in [5.41, 5.74) is 2.40. The number of urea groups is 1. The van der Waals surface area contributed by atoms with E-state index in [2.05, 4.69) is 34.1 Å². The van der Waals surface area contributed by atoms with E-state index in [-0.39, 0.29) is 23.0 Å². The third-order valence-corrected chi connectivity index (χ3v) is 7.81. The van der Waals surface area contributed by atoms with Gasteiger partial charge in [0.15, 0.2) is 0 Å². The Bertz CT molecular complexity index is 1010. The summed E-state index contributed by atoms with van der Waals surface area (Å²) in [7, 11) is 0. The molecule has 0 atom stereocenters. The number of carbonyl (C=O) groups excluding carboxylic acids is 1. The molecule has 1 aliphatic rings. The lowest BCUT2D eigenvalue weighted by molar-refractivity contribution is 0.262. The molecule has 1 heterocycles. The molecule has 1 aliphatic heterocycles. The average Bonchev–Trinajstić information content (AvgIpc) is 3.43. The SMILES string of the molecule is Br.CCCCCCCCCCCCCCOc1ccc(NC(=O)Nc2ccccc2CN2C=CSC2)c(Cl)c1. The van der Waals surface area contributed by atoms with E-state index in [0.717, 1.165) is 35.8 Å². The highest BCUT2D eigenvalue weighted by molar-refractivity contribution is 8.93. The van der Waals surface area contributed by atoms with Crippen molar-refractivity contribution in [2.75, 3.05) is 23.1 Å². The van der Waals surface area contributed by atoms with Crippen LogP contribution in [0.15, 0.2) is 54.1 Å². The number of nitrogens with zero attached hydrogens (tertiary/aromatic N) is 1. The molecule has 0 spiro atoms. The van der Waals surface area contributed by atoms with Crippen molar-refractivity contribution in [3.63, 3.8) is 0 Å². The van der Waals surface area contributed by atoms with Crippen molar-refractivity contribution in [1.82, 2.24) is 4.90 Å². The third kappa shape index (κ3) is 13.4. The number of rotatable bonds is 18. The Morgan fingerprint density at radius 2 is 1.54 bits per heavy atom. The first-order valence-electron chi connectivity index (χ1n) is 14.3. The number of halogens is 2. The van der Waals surface area contributed by atoms with Gasteiger partial charge in [-0.25, -0.2) is 4.79 Å². The number of ether oxygens (including phenoxy) is 1. The zero-order chi connectivity index (χ0) is 26.8. The minimum Gasteiger partial charge on any atom is -0.494 e. The van der Waals surface area contributed by atoms with Gasteiger partial charge < -0.3 is 20.3 Å². The van der Waals surface area contributed by atoms with Gasteiger partial charge in [0.05, 0.1) is 23.2 Å². The molecular formula is C31H45BrClN3O2S. The van der Waals surface area contributed by atoms with Gasteiger partial charge in [-0.2, -0.15) is 0 Å². The van der Waals surface area contributed by atoms with Gasteiger partial charge in [0.1, 0.15) is 5.75 Å². The van der Waals surface area contributed by atoms with Crippen molar-refractivity contribution >= 4 is 57.8 Å². The largest absolute Gasteiger partial charge is 0.494 e. The Kier molecular flexibility index (Phi) is 17.2. The standard InChI is InChI=1S/C31H44ClN3O2S.BrH/c1-2-3-4-5-6-7-8-9-10-11-12-15-21-37-27-18-19-30(28(32)23-27)34-31(36)33-29-17-14-13-16-26(29)24-35-20-22-38-25-35;/h13-14,16-20,22-23H,2-12,15,21,24-25H2,1H3,(H2,33,34,36);1H. The van der Waals surface area contributed by atoms with Crippen LogP contribution in [0.25, 0.3) is 0 Å². The van der Waals surface area contributed by atoms with Crippen LogP contribution in [0.5, 0.6) is 5.75 Å². The number of benzene rings is 2. The number of nitrogens with one attached hydrogen (secondary N) is 2. The van der Waals surface area contributed by atoms with Crippen molar-refractivity contribution < 1.29 is 9.53 Å². The summed E-state index contributed by atoms with van der Waals surface area (Å²) in [6, 6.07) is 12.9. The first-order chi connectivity index (χ1) is 18.7. The fourth-order valence-electron chi connectivity index (χ4n) is 4.50. The van der Waals surface area contributed by atoms with Crippen molar-refractivity contribution in [3.8, 4) is 5.75 Å². The summed E-state index contributed by atoms with van der Waals surface area (Å²) in [5, 5.41) is 8.35. The smallest absolute Gasteiger partial charge is 0.323 e. The summed E-state index contributed by atoms with van der Waals surface area (Å²) in [5.74, 6) is 1.65. The molecule has 0 aromatic heterocycles. The van der Waals surface area contributed by atoms with Gasteiger partial charge >= 0.3 is 6.03 Å². The summed E-state index contributed by atoms with van der Waals surface area (Å²) in [6.45, 7) is 3.69. The predicted molar refractivity (Wildman–Crippen MR) is 175 cm³/mol. The van der Waals surface area contributed by atoms with Gasteiger partial charge in [-0.15, -0.1) is 28.7 Å². The van der Waals surface area contributed by atoms with E-state index in [1.165, 1.54) is 70.6 Å². The molecule has 2 aromatic rings. The molecule has 39 heavy (non-hydrogen) atoms. The molecule has 0 radical (unpaired) electrons. The maximum Gasteiger partial charge on any atom is 0.323 e. The van der Waals surface area contributed by atoms with E-state index in [0.29, 0.717) is 17.3 Å². The molecule has 3 rings (SSSR count). The van der Waals surface area contributed by atoms with Crippen LogP contribution < -0.4 is 15.4 Å². The first kappa shape index (κ1) is 33.4. The summed E-state index contributed by atoms with van der Waals surface area (Å²) >= 11 is 8.20. The second kappa shape index (κ2) is 20.1. The minimum absolute atomic E-state index is 0. The predicted octanol–water partition coefficient (Wildman–Crippen LogP) is 10.6. The molecule has 5 nitrogen and oxygen atoms in total. The second-order valence-electron chi connectivity index (χ2n) is 9.94. The van der Waals surface area contributed by atoms with Gasteiger partial charge in [0, 0.05) is 24.5 Å². The van der Waals surface area contributed by atoms with Gasteiger partial charge in [0.2, 0.25) is 0 Å². The lowest BCUT2D eigenvalue weighted by Gasteiger charge is -2.18. The minimum atomic E-state index is -0.323. The Morgan fingerprint density at radius 1 is 0.897 bits per heavy atom. The normalized spacial score (nSPS) is 12.3. The van der Waals surface area contributed by atoms with Crippen LogP contribution in [0.3, 0.4) is 0 Å². The first-order valence-corrected chi connectivity index (χ1v) is 15.7. The number of amides is 2. The maximum atomic E-state index is 12.7. The number of thioether (sulfide) groups is 1. The van der Waals surface area contributed by atoms with Crippen LogP contribution in [0.1, 0.15) is 89.5 Å². The van der Waals surface area contributed by atoms with Crippen LogP contribution in [0.2, 0.25) is 5.02 Å². The topological polar surface area (TPSA) is 53.6 Å². The van der Waals surface area contributed by atoms with E-state index >= 15 is 0 Å². The summed E-state index contributed by atoms with van der Waals surface area (Å²) in [6.07, 6.45) is 18.0. The second-order valence-corrected chi connectivity index (χ2v) is 11.2. The average molecular weight is 639 g/mol. The Labute approximate surface area is 255 Å². The molecule has 216 valence electrons. The molecule has 0 aliphatic carbocycles. The van der Waals surface area contributed by atoms with Crippen molar-refractivity contribution in [2.24, 2.45) is 0 Å². The van der Waals surface area contributed by atoms with Crippen molar-refractivity contribution in [1.29, 1.82) is 0 Å². The zero-order valence-corrected chi connectivity index (χ0v) is 26.5. The van der Waals surface area contributed by atoms with Gasteiger partial charge in [-0.05, 0) is 35.6 Å². The van der Waals surface area contributed by atoms with E-state index < -0.39 is 0 Å². The fraction of sp³-hybridized carbons (Fsp3) is 0.516. The number of carbonyl (C=O) groups is 1. The lowest BCUT2D eigenvalue weighted by atomic mass is 10.1. The van der Waals surface area contributed by atoms with Crippen LogP contribution in [-0.4, -0.2) is 23.4 Å². The number of unbranched alkanes of at least 4 members (excludes halogenated alkanes) is 11. The molecule has 0 saturated heterocycles. The van der Waals surface area contributed by atoms with Gasteiger partial charge in [0.25, 0.3) is 0 Å². The van der Waals surface area contributed by atoms with Crippen LogP contribution in [0.4, 0.5) is 16.2 Å². The highest BCUT2D eigenvalue weighted by Crippen LogP contribution is 2.28. The molecule has 2 amide bonds. The zero-order valence-electron chi connectivity index (χ0n) is 23.3. The number of hydrogen-bond donors (Lipinski definition) is 2. The van der Waals surface area contributed by atoms with Crippen LogP contribution in [-0.2, 0) is 6.54 Å². The fourth-order valence-corrected chi connectivity index (χ4v) is 5.43. The Hall–Kier alpha value is -1.83. The summed E-state index contributed by atoms with van der Waals surface area (Å²) < 4.78 is 5.89. The number of anilines is 2. The van der Waals surface area contributed by atoms with E-state index in [4.69, 9.17) is 16.3 Å². The Morgan fingerprint density at radius 3 is 2.18 bits per heavy atom. The molecule has 0 fully saturated rings. The van der Waals surface area contributed by atoms with Crippen molar-refractivity contribution in [2.45, 2.75) is 90.5 Å². The number of para-hydroxylation sites is 1. The van der Waals surface area contributed by atoms with E-state index in [1.54, 1.807) is 23.9 Å². The molecule has 2 aromatic carbocycles. The molecular weight excluding hydrogens is 594 g/mol. The Balaban J connectivity index is 0.00000533. The molecule has 0 saturated carbocycles. The van der Waals surface area contributed by atoms with Gasteiger partial charge in [-0.1, -0.05) is 107 Å². The summed E-state index contributed by atoms with van der Waals surface area (Å²) in [4.78, 5) is 14.9. The van der Waals surface area contributed by atoms with Gasteiger partial charge in [-0.3, -0.25) is 0 Å². The highest BCUT2D eigenvalue weighted by Gasteiger charge is 2.12. The maximum absolute atomic E-state index is 12.7. The number of hydrogen-bond acceptors (Lipinski definition) is 4. The third-order valence-electron chi connectivity index (χ3n) is 6.70. The lowest BCUT2D eigenvalue weighted by Crippen LogP contribution is -2.21. The molecule has 0 bridgehead atoms. The quantitative estimate of drug-likeness (QED) is 0.160. The molecule has 0 unspecified atom stereocenters. The van der Waals surface area contributed by atoms with Crippen LogP contribution in [0, 0.1) is 0 Å². The monoisotopic (exact) mass is 637 g/mol. The van der Waals surface area contributed by atoms with Crippen molar-refractivity contribution in [3.05, 3.63) is 64.7 Å². The molecule has 2 N–H and O–H groups in total. The van der Waals surface area contributed by atoms with Crippen LogP contribution >= 0.6 is 40.3 Å². The van der Waals surface area contributed by atoms with E-state index in [1.807, 2.05) is 30.3 Å².